The molecule has 1 nitrogen and oxygen atoms in total. The number of rotatable bonds is 0. The van der Waals surface area contributed by atoms with Crippen molar-refractivity contribution in [3.63, 3.8) is 0 Å². The highest BCUT2D eigenvalue weighted by molar-refractivity contribution is 5.72. The lowest BCUT2D eigenvalue weighted by atomic mass is 10.1. The number of nitrogens with one attached hydrogen (secondary N) is 1. The normalized spacial score (nSPS) is 10.7. The van der Waals surface area contributed by atoms with Gasteiger partial charge in [0.25, 0.3) is 0 Å². The second-order valence-corrected chi connectivity index (χ2v) is 2.99. The Morgan fingerprint density at radius 3 is 2.55 bits per heavy atom. The Morgan fingerprint density at radius 2 is 1.82 bits per heavy atom. The van der Waals surface area contributed by atoms with Gasteiger partial charge in [0.1, 0.15) is 0 Å². The van der Waals surface area contributed by atoms with Gasteiger partial charge in [-0.2, -0.15) is 0 Å². The minimum Gasteiger partial charge on any atom is -0.367 e. The highest BCUT2D eigenvalue weighted by Gasteiger charge is 2.07. The van der Waals surface area contributed by atoms with Gasteiger partial charge in [-0.25, -0.2) is 0 Å². The lowest BCUT2D eigenvalue weighted by Gasteiger charge is -2.03. The molecule has 2 rings (SSSR count). The maximum atomic E-state index is 3.12. The molecule has 1 aliphatic carbocycles. The van der Waals surface area contributed by atoms with E-state index in [0.29, 0.717) is 0 Å². The van der Waals surface area contributed by atoms with Crippen LogP contribution in [0.5, 0.6) is 0 Å². The molecule has 56 valence electrons. The molecule has 0 radical (unpaired) electrons. The zero-order valence-corrected chi connectivity index (χ0v) is 6.81. The van der Waals surface area contributed by atoms with E-state index in [1.165, 1.54) is 22.3 Å². The minimum absolute atomic E-state index is 1.31. The van der Waals surface area contributed by atoms with E-state index in [1.54, 1.807) is 0 Å². The average molecular weight is 145 g/mol. The van der Waals surface area contributed by atoms with Crippen LogP contribution in [0.1, 0.15) is 11.1 Å². The van der Waals surface area contributed by atoms with Gasteiger partial charge >= 0.3 is 0 Å². The molecule has 0 aromatic heterocycles. The molecule has 1 aliphatic heterocycles. The smallest absolute Gasteiger partial charge is 0.00839 e. The molecule has 0 aromatic carbocycles. The van der Waals surface area contributed by atoms with Crippen LogP contribution in [0, 0.1) is 13.8 Å². The van der Waals surface area contributed by atoms with E-state index in [2.05, 4.69) is 31.0 Å². The molecule has 1 N–H and O–H groups in total. The molecule has 2 aliphatic rings. The molecular weight excluding hydrogens is 134 g/mol. The van der Waals surface area contributed by atoms with E-state index < -0.39 is 0 Å². The molecule has 1 heterocycles. The molecule has 0 spiro atoms. The summed E-state index contributed by atoms with van der Waals surface area (Å²) in [5.74, 6) is 0. The number of fused-ring (bicyclic) bond motifs is 1. The summed E-state index contributed by atoms with van der Waals surface area (Å²) in [6, 6.07) is 4.31. The number of aromatic nitrogens is 1. The third-order valence-electron chi connectivity index (χ3n) is 2.13. The van der Waals surface area contributed by atoms with Crippen molar-refractivity contribution < 1.29 is 0 Å². The predicted molar refractivity (Wildman–Crippen MR) is 46.9 cm³/mol. The number of H-pyrrole nitrogens is 1. The molecule has 11 heavy (non-hydrogen) atoms. The van der Waals surface area contributed by atoms with Crippen molar-refractivity contribution in [2.45, 2.75) is 13.8 Å². The maximum Gasteiger partial charge on any atom is 0.00839 e. The Hall–Kier alpha value is -1.24. The van der Waals surface area contributed by atoms with E-state index in [-0.39, 0.29) is 0 Å². The second kappa shape index (κ2) is 2.12. The van der Waals surface area contributed by atoms with Crippen molar-refractivity contribution in [2.75, 3.05) is 0 Å². The number of hydrogen-bond acceptors (Lipinski definition) is 0. The minimum atomic E-state index is 1.31. The molecule has 1 heteroatoms. The van der Waals surface area contributed by atoms with E-state index in [1.807, 2.05) is 12.4 Å². The van der Waals surface area contributed by atoms with Gasteiger partial charge in [-0.15, -0.1) is 0 Å². The van der Waals surface area contributed by atoms with Crippen molar-refractivity contribution in [1.82, 2.24) is 4.98 Å². The third kappa shape index (κ3) is 0.845. The van der Waals surface area contributed by atoms with Crippen LogP contribution >= 0.6 is 0 Å². The number of aryl methyl sites for hydroxylation is 2. The van der Waals surface area contributed by atoms with Crippen LogP contribution in [-0.2, 0) is 0 Å². The first-order valence-corrected chi connectivity index (χ1v) is 3.82. The fourth-order valence-corrected chi connectivity index (χ4v) is 1.60. The van der Waals surface area contributed by atoms with Crippen LogP contribution < -0.4 is 0 Å². The summed E-state index contributed by atoms with van der Waals surface area (Å²) in [6.07, 6.45) is 4.07. The Kier molecular flexibility index (Phi) is 1.25. The summed E-state index contributed by atoms with van der Waals surface area (Å²) in [5, 5.41) is 0. The highest BCUT2D eigenvalue weighted by Crippen LogP contribution is 2.28. The molecule has 0 saturated heterocycles. The highest BCUT2D eigenvalue weighted by atomic mass is 14.6. The molecule has 0 bridgehead atoms. The molecular formula is C10H11N. The summed E-state index contributed by atoms with van der Waals surface area (Å²) in [7, 11) is 0. The van der Waals surface area contributed by atoms with Crippen LogP contribution in [0.2, 0.25) is 0 Å². The van der Waals surface area contributed by atoms with Gasteiger partial charge in [0.2, 0.25) is 0 Å². The Balaban J connectivity index is 2.82. The van der Waals surface area contributed by atoms with Crippen LogP contribution in [0.15, 0.2) is 24.5 Å². The molecule has 0 atom stereocenters. The summed E-state index contributed by atoms with van der Waals surface area (Å²) < 4.78 is 0. The Bertz CT molecular complexity index is 346. The van der Waals surface area contributed by atoms with Crippen LogP contribution in [0.3, 0.4) is 0 Å². The van der Waals surface area contributed by atoms with Crippen molar-refractivity contribution in [2.24, 2.45) is 0 Å². The maximum absolute atomic E-state index is 3.12. The zero-order valence-electron chi connectivity index (χ0n) is 6.81. The SMILES string of the molecule is Cc1ccc2c[nH]cc(C)c1-2. The third-order valence-corrected chi connectivity index (χ3v) is 2.13. The van der Waals surface area contributed by atoms with Crippen LogP contribution in [0.25, 0.3) is 11.1 Å². The van der Waals surface area contributed by atoms with Gasteiger partial charge in [0, 0.05) is 12.4 Å². The van der Waals surface area contributed by atoms with Gasteiger partial charge in [0.05, 0.1) is 0 Å². The fourth-order valence-electron chi connectivity index (χ4n) is 1.60. The van der Waals surface area contributed by atoms with Gasteiger partial charge in [-0.3, -0.25) is 0 Å². The summed E-state index contributed by atoms with van der Waals surface area (Å²) in [5.41, 5.74) is 5.39. The number of hydrogen-bond donors (Lipinski definition) is 1. The van der Waals surface area contributed by atoms with Crippen molar-refractivity contribution >= 4 is 0 Å². The van der Waals surface area contributed by atoms with Crippen molar-refractivity contribution in [1.29, 1.82) is 0 Å². The van der Waals surface area contributed by atoms with Crippen molar-refractivity contribution in [3.05, 3.63) is 35.7 Å². The fraction of sp³-hybridized carbons (Fsp3) is 0.200. The Morgan fingerprint density at radius 1 is 1.00 bits per heavy atom. The predicted octanol–water partition coefficient (Wildman–Crippen LogP) is 2.74. The molecule has 0 saturated carbocycles. The summed E-state index contributed by atoms with van der Waals surface area (Å²) >= 11 is 0. The molecule has 0 aromatic rings. The number of pyridine rings is 1. The Labute approximate surface area is 66.4 Å². The summed E-state index contributed by atoms with van der Waals surface area (Å²) in [4.78, 5) is 3.12. The largest absolute Gasteiger partial charge is 0.367 e. The molecule has 0 amide bonds. The first-order valence-electron chi connectivity index (χ1n) is 3.82. The quantitative estimate of drug-likeness (QED) is 0.586. The van der Waals surface area contributed by atoms with Crippen LogP contribution in [-0.4, -0.2) is 4.98 Å². The second-order valence-electron chi connectivity index (χ2n) is 2.99. The lowest BCUT2D eigenvalue weighted by molar-refractivity contribution is 1.26. The first-order chi connectivity index (χ1) is 5.29. The van der Waals surface area contributed by atoms with E-state index >= 15 is 0 Å². The molecule has 0 unspecified atom stereocenters. The van der Waals surface area contributed by atoms with Gasteiger partial charge in [-0.1, -0.05) is 12.1 Å². The van der Waals surface area contributed by atoms with E-state index in [4.69, 9.17) is 0 Å². The lowest BCUT2D eigenvalue weighted by Crippen LogP contribution is -1.84. The van der Waals surface area contributed by atoms with Gasteiger partial charge < -0.3 is 4.98 Å². The van der Waals surface area contributed by atoms with Gasteiger partial charge in [0.15, 0.2) is 0 Å². The standard InChI is InChI=1S/C10H11N/c1-7-3-4-9-6-11-5-8(2)10(7)9/h3-6,11H,1-2H3. The van der Waals surface area contributed by atoms with Crippen molar-refractivity contribution in [3.8, 4) is 11.1 Å². The van der Waals surface area contributed by atoms with E-state index in [9.17, 15) is 0 Å². The van der Waals surface area contributed by atoms with Gasteiger partial charge in [-0.05, 0) is 36.1 Å². The summed E-state index contributed by atoms with van der Waals surface area (Å²) in [6.45, 7) is 4.28. The average Bonchev–Trinajstić information content (AvgIpc) is 2.34. The monoisotopic (exact) mass is 145 g/mol. The van der Waals surface area contributed by atoms with Crippen LogP contribution in [0.4, 0.5) is 0 Å². The van der Waals surface area contributed by atoms with E-state index in [0.717, 1.165) is 0 Å². The number of aromatic amines is 1. The molecule has 0 fully saturated rings. The first kappa shape index (κ1) is 6.47. The zero-order chi connectivity index (χ0) is 7.84. The topological polar surface area (TPSA) is 15.8 Å².